The van der Waals surface area contributed by atoms with Gasteiger partial charge in [0.1, 0.15) is 24.9 Å². The lowest BCUT2D eigenvalue weighted by atomic mass is 9.44. The van der Waals surface area contributed by atoms with Crippen molar-refractivity contribution in [1.29, 1.82) is 0 Å². The number of nitrogens with one attached hydrogen (secondary N) is 6. The summed E-state index contributed by atoms with van der Waals surface area (Å²) in [6.07, 6.45) is 3.27. The van der Waals surface area contributed by atoms with E-state index in [1.807, 2.05) is 50.2 Å². The highest BCUT2D eigenvalue weighted by atomic mass is 19.1. The Kier molecular flexibility index (Phi) is 31.3. The van der Waals surface area contributed by atoms with Gasteiger partial charge in [-0.2, -0.15) is 0 Å². The zero-order valence-electron chi connectivity index (χ0n) is 63.1. The van der Waals surface area contributed by atoms with Crippen LogP contribution in [-0.4, -0.2) is 210 Å². The Hall–Kier alpha value is -9.22. The minimum Gasteiger partial charge on any atom is -0.445 e. The molecule has 1 aliphatic heterocycles. The molecular formula is C79H105F2N9O19. The van der Waals surface area contributed by atoms with Gasteiger partial charge in [-0.15, -0.1) is 6.42 Å². The molecular weight excluding hydrogens is 1420 g/mol. The summed E-state index contributed by atoms with van der Waals surface area (Å²) < 4.78 is 80.1. The molecule has 28 nitrogen and oxygen atoms in total. The number of nitrogens with zero attached hydrogens (tertiary/aromatic N) is 2. The molecule has 5 aliphatic rings. The predicted molar refractivity (Wildman–Crippen MR) is 396 cm³/mol. The van der Waals surface area contributed by atoms with Crippen molar-refractivity contribution in [2.24, 2.45) is 34.3 Å². The summed E-state index contributed by atoms with van der Waals surface area (Å²) in [7, 11) is 1.44. The SMILES string of the molecule is C#Cc1ccccc1N(Cc1ccccc1C)C(=O)CCC(=O)NCCOCCOCCOCCOCCC(=O)N[C@H](C(=O)N[C@@H](CCCNC(N)=O)C(=O)Nc1ccc(COC(=O)N(C)CCNC(=O)OCC(=O)[C@@]23OC(CCC)O[C@@H]2C[C@H]2[C@@H]4C[C@H](F)C5=CC(=O)C=C[C@]5(C)[C@@]4(F)[C@@H](O)C[C@@]23C)cc1)C(C)C. The molecule has 0 aromatic heterocycles. The van der Waals surface area contributed by atoms with E-state index in [-0.39, 0.29) is 154 Å². The molecule has 0 radical (unpaired) electrons. The fraction of sp³-hybridized carbons (Fsp3) is 0.570. The summed E-state index contributed by atoms with van der Waals surface area (Å²) in [5.74, 6) is -2.92. The Morgan fingerprint density at radius 3 is 2.15 bits per heavy atom. The van der Waals surface area contributed by atoms with E-state index in [1.54, 1.807) is 62.1 Å². The van der Waals surface area contributed by atoms with Crippen LogP contribution >= 0.6 is 0 Å². The van der Waals surface area contributed by atoms with Gasteiger partial charge < -0.3 is 90.4 Å². The van der Waals surface area contributed by atoms with Gasteiger partial charge in [-0.3, -0.25) is 33.6 Å². The minimum atomic E-state index is -2.40. The molecule has 1 heterocycles. The van der Waals surface area contributed by atoms with E-state index in [0.717, 1.165) is 17.2 Å². The number of carbonyl (C=O) groups excluding carboxylic acids is 10. The van der Waals surface area contributed by atoms with Crippen molar-refractivity contribution in [2.75, 3.05) is 103 Å². The molecule has 9 amide bonds. The number of halogens is 2. The second kappa shape index (κ2) is 39.9. The van der Waals surface area contributed by atoms with Crippen LogP contribution in [0.4, 0.5) is 34.5 Å². The van der Waals surface area contributed by atoms with Gasteiger partial charge in [0.2, 0.25) is 35.3 Å². The molecule has 1 unspecified atom stereocenters. The first-order valence-corrected chi connectivity index (χ1v) is 37.2. The average Bonchev–Trinajstić information content (AvgIpc) is 1.55. The molecule has 594 valence electrons. The smallest absolute Gasteiger partial charge is 0.409 e. The number of urea groups is 1. The highest BCUT2D eigenvalue weighted by Crippen LogP contribution is 2.72. The Balaban J connectivity index is 0.684. The lowest BCUT2D eigenvalue weighted by Crippen LogP contribution is -2.71. The first-order valence-electron chi connectivity index (χ1n) is 37.2. The number of likely N-dealkylation sites (N-methyl/N-ethyl adjacent to an activating group) is 1. The molecule has 30 heteroatoms. The van der Waals surface area contributed by atoms with Gasteiger partial charge >= 0.3 is 18.2 Å². The van der Waals surface area contributed by atoms with Crippen molar-refractivity contribution in [1.82, 2.24) is 31.5 Å². The molecule has 3 aromatic carbocycles. The number of aliphatic hydroxyl groups excluding tert-OH is 1. The van der Waals surface area contributed by atoms with Crippen LogP contribution in [0.2, 0.25) is 0 Å². The predicted octanol–water partition coefficient (Wildman–Crippen LogP) is 6.65. The number of alkyl carbamates (subject to hydrolysis) is 1. The van der Waals surface area contributed by atoms with Crippen molar-refractivity contribution in [2.45, 2.75) is 167 Å². The number of Topliss-reactive ketones (excluding diaryl/α,β-unsaturated/α-hetero) is 1. The van der Waals surface area contributed by atoms with Gasteiger partial charge in [0.05, 0.1) is 77.3 Å². The molecule has 109 heavy (non-hydrogen) atoms. The quantitative estimate of drug-likeness (QED) is 0.0218. The molecule has 0 bridgehead atoms. The normalized spacial score (nSPS) is 24.1. The van der Waals surface area contributed by atoms with E-state index in [0.29, 0.717) is 41.9 Å². The number of ether oxygens (including phenoxy) is 8. The standard InChI is InChI=1S/C79H105F2N9O19/c1-9-16-69-108-65-45-57-58-44-60(80)59-43-56(91)28-30-76(59,6)78(58,81)63(92)46-77(57,7)79(65,109-69)64(93)49-106-74(100)85-32-34-89(8)75(101)107-48-52-22-24-55(25-23-52)86-71(97)61(20-15-31-84-73(82)99)87-72(98)70(50(3)4)88-67(95)29-35-102-37-39-104-41-42-105-40-38-103-36-33-83-66(94)26-27-68(96)90(47-54-19-12-11-17-51(54)5)62-21-14-13-18-53(62)10-2/h2,11-14,17-19,21-25,28,30,43,50,57-58,60-61,63,65,69-70,92H,9,15-16,20,26-27,29,31-42,44-49H2,1,3-8H3,(H,83,94)(H,85,100)(H,86,97)(H,87,98)(H,88,95)(H3,82,84,99)/t57-,58-,60-,61-,63-,65+,69?,70-,76-,77-,78-,79+/m0/s1. The zero-order chi connectivity index (χ0) is 79.1. The number of aryl methyl sites for hydroxylation is 1. The summed E-state index contributed by atoms with van der Waals surface area (Å²) in [5, 5.41) is 27.9. The third-order valence-corrected chi connectivity index (χ3v) is 21.1. The Morgan fingerprint density at radius 1 is 0.789 bits per heavy atom. The number of fused-ring (bicyclic) bond motifs is 7. The maximum atomic E-state index is 17.9. The number of nitrogens with two attached hydrogens (primary N) is 1. The number of terminal acetylenes is 1. The van der Waals surface area contributed by atoms with Crippen LogP contribution < -0.4 is 42.5 Å². The number of primary amides is 1. The third-order valence-electron chi connectivity index (χ3n) is 21.1. The van der Waals surface area contributed by atoms with E-state index in [1.165, 1.54) is 31.0 Å². The van der Waals surface area contributed by atoms with Crippen LogP contribution in [-0.2, 0) is 84.6 Å². The highest BCUT2D eigenvalue weighted by molar-refractivity contribution is 6.02. The number of anilines is 2. The van der Waals surface area contributed by atoms with E-state index in [2.05, 4.69) is 37.8 Å². The second-order valence-electron chi connectivity index (χ2n) is 28.8. The van der Waals surface area contributed by atoms with Crippen molar-refractivity contribution in [3.63, 3.8) is 0 Å². The number of amides is 9. The molecule has 4 fully saturated rings. The monoisotopic (exact) mass is 1520 g/mol. The number of rotatable bonds is 41. The number of hydrogen-bond acceptors (Lipinski definition) is 19. The van der Waals surface area contributed by atoms with Gasteiger partial charge in [-0.05, 0) is 123 Å². The third kappa shape index (κ3) is 21.4. The molecule has 12 atom stereocenters. The number of hydrogen-bond donors (Lipinski definition) is 8. The number of benzene rings is 3. The molecule has 1 saturated heterocycles. The van der Waals surface area contributed by atoms with E-state index >= 15 is 8.78 Å². The highest BCUT2D eigenvalue weighted by Gasteiger charge is 2.80. The maximum absolute atomic E-state index is 17.9. The molecule has 0 spiro atoms. The van der Waals surface area contributed by atoms with Crippen molar-refractivity contribution in [3.05, 3.63) is 119 Å². The largest absolute Gasteiger partial charge is 0.445 e. The molecule has 8 rings (SSSR count). The summed E-state index contributed by atoms with van der Waals surface area (Å²) >= 11 is 0. The van der Waals surface area contributed by atoms with E-state index in [4.69, 9.17) is 50.1 Å². The maximum Gasteiger partial charge on any atom is 0.409 e. The minimum absolute atomic E-state index is 0.0101. The first-order chi connectivity index (χ1) is 52.1. The summed E-state index contributed by atoms with van der Waals surface area (Å²) in [6.45, 7) is 11.9. The molecule has 3 aromatic rings. The van der Waals surface area contributed by atoms with Crippen molar-refractivity contribution < 1.29 is 99.7 Å². The van der Waals surface area contributed by atoms with Gasteiger partial charge in [0, 0.05) is 80.5 Å². The number of aliphatic hydroxyl groups is 1. The van der Waals surface area contributed by atoms with Gasteiger partial charge in [-0.1, -0.05) is 94.6 Å². The van der Waals surface area contributed by atoms with Crippen LogP contribution in [0.5, 0.6) is 0 Å². The van der Waals surface area contributed by atoms with E-state index in [9.17, 15) is 53.1 Å². The fourth-order valence-electron chi connectivity index (χ4n) is 15.3. The molecule has 4 aliphatic carbocycles. The van der Waals surface area contributed by atoms with Gasteiger partial charge in [0.25, 0.3) is 0 Å². The van der Waals surface area contributed by atoms with Crippen LogP contribution in [0.3, 0.4) is 0 Å². The van der Waals surface area contributed by atoms with Gasteiger partial charge in [0.15, 0.2) is 29.9 Å². The Morgan fingerprint density at radius 2 is 1.47 bits per heavy atom. The lowest BCUT2D eigenvalue weighted by molar-refractivity contribution is -0.234. The van der Waals surface area contributed by atoms with Crippen LogP contribution in [0.15, 0.2) is 96.6 Å². The number of carbonyl (C=O) groups is 10. The molecule has 9 N–H and O–H groups in total. The number of ketones is 2. The Labute approximate surface area is 634 Å². The van der Waals surface area contributed by atoms with Crippen molar-refractivity contribution >= 4 is 70.7 Å². The number of alkyl halides is 2. The lowest BCUT2D eigenvalue weighted by Gasteiger charge is -2.63. The zero-order valence-corrected chi connectivity index (χ0v) is 63.1. The van der Waals surface area contributed by atoms with Gasteiger partial charge in [-0.25, -0.2) is 23.2 Å². The molecule has 3 saturated carbocycles. The van der Waals surface area contributed by atoms with Crippen LogP contribution in [0, 0.1) is 47.9 Å². The number of allylic oxidation sites excluding steroid dienone is 4. The topological polar surface area (TPSA) is 369 Å². The van der Waals surface area contributed by atoms with Crippen LogP contribution in [0.25, 0.3) is 0 Å². The fourth-order valence-corrected chi connectivity index (χ4v) is 15.3. The summed E-state index contributed by atoms with van der Waals surface area (Å²) in [5.41, 5.74) is 2.15. The number of para-hydroxylation sites is 1. The average molecular weight is 1520 g/mol. The van der Waals surface area contributed by atoms with E-state index < -0.39 is 131 Å². The second-order valence-corrected chi connectivity index (χ2v) is 28.8. The summed E-state index contributed by atoms with van der Waals surface area (Å²) in [6, 6.07) is 18.4. The first kappa shape index (κ1) is 85.4. The Bertz CT molecular complexity index is 3800. The van der Waals surface area contributed by atoms with Crippen LogP contribution in [0.1, 0.15) is 121 Å². The summed E-state index contributed by atoms with van der Waals surface area (Å²) in [4.78, 5) is 134. The van der Waals surface area contributed by atoms with Crippen molar-refractivity contribution in [3.8, 4) is 12.3 Å².